The molecule has 0 rings (SSSR count). The fourth-order valence-electron chi connectivity index (χ4n) is 0. The first-order valence-electron chi connectivity index (χ1n) is 1.70. The molecule has 17 nitrogen and oxygen atoms in total. The maximum atomic E-state index is 8.36. The van der Waals surface area contributed by atoms with Gasteiger partial charge < -0.3 is 43.0 Å². The van der Waals surface area contributed by atoms with Gasteiger partial charge in [-0.15, -0.1) is 30.3 Å². The first-order valence-corrected chi connectivity index (χ1v) is 1.70. The molecular weight excluding hydrogens is 418 g/mol. The Morgan fingerprint density at radius 2 is 0.556 bits per heavy atom. The zero-order valence-corrected chi connectivity index (χ0v) is 10.4. The van der Waals surface area contributed by atoms with E-state index in [0.717, 1.165) is 0 Å². The van der Waals surface area contributed by atoms with Crippen LogP contribution in [0.3, 0.4) is 0 Å². The van der Waals surface area contributed by atoms with Crippen molar-refractivity contribution in [3.8, 4) is 0 Å². The number of nitrogens with zero attached hydrogens (tertiary/aromatic N) is 3. The standard InChI is InChI=1S/Eu.3HNO3.5H2O/c;3*2-1(3)4;;;;;/h;3*(H,2,3,4);5*1H2. The minimum atomic E-state index is -1.50. The van der Waals surface area contributed by atoms with Crippen LogP contribution in [0.2, 0.25) is 0 Å². The van der Waals surface area contributed by atoms with Crippen molar-refractivity contribution in [3.05, 3.63) is 30.3 Å². The Morgan fingerprint density at radius 3 is 0.556 bits per heavy atom. The monoisotopic (exact) mass is 432 g/mol. The molecule has 18 heteroatoms. The van der Waals surface area contributed by atoms with E-state index >= 15 is 0 Å². The van der Waals surface area contributed by atoms with Crippen molar-refractivity contribution in [2.75, 3.05) is 0 Å². The third-order valence-electron chi connectivity index (χ3n) is 0. The molecule has 13 N–H and O–H groups in total. The van der Waals surface area contributed by atoms with Crippen LogP contribution >= 0.6 is 0 Å². The van der Waals surface area contributed by atoms with Crippen LogP contribution in [0, 0.1) is 79.7 Å². The number of rotatable bonds is 0. The van der Waals surface area contributed by atoms with E-state index in [0.29, 0.717) is 0 Å². The van der Waals surface area contributed by atoms with Gasteiger partial charge in [-0.25, -0.2) is 0 Å². The smallest absolute Gasteiger partial charge is 0.291 e. The van der Waals surface area contributed by atoms with Crippen molar-refractivity contribution in [1.82, 2.24) is 0 Å². The minimum absolute atomic E-state index is 0. The summed E-state index contributed by atoms with van der Waals surface area (Å²) in [5, 5.41) is 40.9. The van der Waals surface area contributed by atoms with E-state index in [9.17, 15) is 0 Å². The van der Waals surface area contributed by atoms with E-state index < -0.39 is 15.3 Å². The zero-order valence-electron chi connectivity index (χ0n) is 8.01. The summed E-state index contributed by atoms with van der Waals surface area (Å²) in [6.45, 7) is 0. The molecule has 0 saturated carbocycles. The van der Waals surface area contributed by atoms with Crippen LogP contribution in [0.15, 0.2) is 0 Å². The molecule has 0 aliphatic rings. The van der Waals surface area contributed by atoms with E-state index in [1.165, 1.54) is 0 Å². The van der Waals surface area contributed by atoms with Gasteiger partial charge in [-0.2, -0.15) is 0 Å². The van der Waals surface area contributed by atoms with E-state index in [4.69, 9.17) is 46.0 Å². The molecule has 0 atom stereocenters. The Balaban J connectivity index is -0.00000000827. The molecule has 0 saturated heterocycles. The average molecular weight is 431 g/mol. The van der Waals surface area contributed by atoms with Gasteiger partial charge in [0.25, 0.3) is 15.3 Å². The number of hydrogen-bond acceptors (Lipinski definition) is 6. The van der Waals surface area contributed by atoms with Crippen LogP contribution in [0.25, 0.3) is 0 Å². The molecule has 119 valence electrons. The Hall–Kier alpha value is -1.02. The molecule has 0 fully saturated rings. The Kier molecular flexibility index (Phi) is 213. The van der Waals surface area contributed by atoms with Gasteiger partial charge in [0.05, 0.1) is 0 Å². The summed E-state index contributed by atoms with van der Waals surface area (Å²) in [7, 11) is 0. The Morgan fingerprint density at radius 1 is 0.556 bits per heavy atom. The maximum Gasteiger partial charge on any atom is 0.291 e. The quantitative estimate of drug-likeness (QED) is 0.243. The molecule has 0 aromatic carbocycles. The fourth-order valence-corrected chi connectivity index (χ4v) is 0. The van der Waals surface area contributed by atoms with Crippen molar-refractivity contribution in [1.29, 1.82) is 0 Å². The molecule has 0 amide bonds. The molecule has 0 unspecified atom stereocenters. The number of hydrogen-bond donors (Lipinski definition) is 3. The summed E-state index contributed by atoms with van der Waals surface area (Å²) in [4.78, 5) is 25.1. The molecular formula is H13EuN3O14. The fraction of sp³-hybridized carbons (Fsp3) is 0. The second-order valence-corrected chi connectivity index (χ2v) is 0.714. The van der Waals surface area contributed by atoms with Gasteiger partial charge in [-0.05, 0) is 0 Å². The summed E-state index contributed by atoms with van der Waals surface area (Å²) < 4.78 is 0. The molecule has 0 heterocycles. The molecule has 0 spiro atoms. The predicted octanol–water partition coefficient (Wildman–Crippen LogP) is -5.17. The first kappa shape index (κ1) is 68.1. The van der Waals surface area contributed by atoms with Crippen molar-refractivity contribution in [3.63, 3.8) is 0 Å². The van der Waals surface area contributed by atoms with Crippen molar-refractivity contribution < 1.29 is 108 Å². The first-order chi connectivity index (χ1) is 5.20. The Bertz CT molecular complexity index is 115. The van der Waals surface area contributed by atoms with Crippen molar-refractivity contribution in [2.24, 2.45) is 0 Å². The topological polar surface area (TPSA) is 348 Å². The molecule has 0 aliphatic heterocycles. The van der Waals surface area contributed by atoms with Gasteiger partial charge in [0.2, 0.25) is 0 Å². The summed E-state index contributed by atoms with van der Waals surface area (Å²) in [5.41, 5.74) is 0. The molecule has 0 aromatic heterocycles. The molecule has 0 aromatic rings. The average Bonchev–Trinajstić information content (AvgIpc) is 1.54. The largest absolute Gasteiger partial charge is 0.412 e. The van der Waals surface area contributed by atoms with Crippen LogP contribution in [-0.2, 0) is 0 Å². The molecule has 0 bridgehead atoms. The van der Waals surface area contributed by atoms with E-state index in [1.54, 1.807) is 0 Å². The predicted molar refractivity (Wildman–Crippen MR) is 44.4 cm³/mol. The second-order valence-electron chi connectivity index (χ2n) is 0.714. The van der Waals surface area contributed by atoms with E-state index in [2.05, 4.69) is 0 Å². The maximum absolute atomic E-state index is 8.36. The third kappa shape index (κ3) is 2840. The summed E-state index contributed by atoms with van der Waals surface area (Å²) in [5.74, 6) is 0. The minimum Gasteiger partial charge on any atom is -0.412 e. The van der Waals surface area contributed by atoms with Gasteiger partial charge in [-0.1, -0.05) is 0 Å². The summed E-state index contributed by atoms with van der Waals surface area (Å²) >= 11 is 0. The Labute approximate surface area is 137 Å². The summed E-state index contributed by atoms with van der Waals surface area (Å²) in [6, 6.07) is 0. The van der Waals surface area contributed by atoms with Crippen molar-refractivity contribution in [2.45, 2.75) is 0 Å². The zero-order chi connectivity index (χ0) is 10.7. The molecule has 18 heavy (non-hydrogen) atoms. The van der Waals surface area contributed by atoms with Crippen LogP contribution < -0.4 is 0 Å². The molecule has 0 aliphatic carbocycles. The second kappa shape index (κ2) is 56.3. The SMILES string of the molecule is O.O.O.O.O.O=[N+]([O-])O.O=[N+]([O-])O.O=[N+]([O-])O.[Eu]. The van der Waals surface area contributed by atoms with Crippen molar-refractivity contribution >= 4 is 0 Å². The van der Waals surface area contributed by atoms with Gasteiger partial charge in [0.15, 0.2) is 0 Å². The normalized spacial score (nSPS) is 4.00. The third-order valence-corrected chi connectivity index (χ3v) is 0. The van der Waals surface area contributed by atoms with Gasteiger partial charge in [0.1, 0.15) is 0 Å². The van der Waals surface area contributed by atoms with Crippen LogP contribution in [0.5, 0.6) is 0 Å². The van der Waals surface area contributed by atoms with Crippen LogP contribution in [-0.4, -0.2) is 58.3 Å². The van der Waals surface area contributed by atoms with Gasteiger partial charge >= 0.3 is 0 Å². The van der Waals surface area contributed by atoms with E-state index in [1.807, 2.05) is 0 Å². The molecule has 1 radical (unpaired) electrons. The van der Waals surface area contributed by atoms with Crippen LogP contribution in [0.4, 0.5) is 0 Å². The van der Waals surface area contributed by atoms with Crippen LogP contribution in [0.1, 0.15) is 0 Å². The summed E-state index contributed by atoms with van der Waals surface area (Å²) in [6.07, 6.45) is 0. The van der Waals surface area contributed by atoms with E-state index in [-0.39, 0.29) is 76.8 Å². The van der Waals surface area contributed by atoms with Gasteiger partial charge in [-0.3, -0.25) is 0 Å². The van der Waals surface area contributed by atoms with Gasteiger partial charge in [0, 0.05) is 49.4 Å².